The summed E-state index contributed by atoms with van der Waals surface area (Å²) in [5.41, 5.74) is 0.0441. The van der Waals surface area contributed by atoms with E-state index in [0.717, 1.165) is 64.1 Å². The lowest BCUT2D eigenvalue weighted by molar-refractivity contribution is -0.107. The molecule has 142 valence electrons. The molecule has 0 aliphatic rings. The van der Waals surface area contributed by atoms with E-state index in [4.69, 9.17) is 4.42 Å². The van der Waals surface area contributed by atoms with Crippen molar-refractivity contribution >= 4 is 6.29 Å². The van der Waals surface area contributed by atoms with Gasteiger partial charge < -0.3 is 14.3 Å². The zero-order valence-corrected chi connectivity index (χ0v) is 15.7. The van der Waals surface area contributed by atoms with Gasteiger partial charge in [0.15, 0.2) is 0 Å². The smallest absolute Gasteiger partial charge is 0.342 e. The van der Waals surface area contributed by atoms with Crippen LogP contribution in [0.1, 0.15) is 95.3 Å². The Balaban J connectivity index is 2.27. The van der Waals surface area contributed by atoms with E-state index in [2.05, 4.69) is 6.92 Å². The molecule has 4 heteroatoms. The van der Waals surface area contributed by atoms with Crippen LogP contribution < -0.4 is 5.63 Å². The minimum absolute atomic E-state index is 0.0932. The molecule has 0 fully saturated rings. The van der Waals surface area contributed by atoms with Crippen LogP contribution in [0, 0.1) is 0 Å². The summed E-state index contributed by atoms with van der Waals surface area (Å²) in [5.74, 6) is 0.688. The monoisotopic (exact) mass is 350 g/mol. The fourth-order valence-electron chi connectivity index (χ4n) is 3.05. The second kappa shape index (κ2) is 13.7. The van der Waals surface area contributed by atoms with E-state index in [1.165, 1.54) is 12.8 Å². The minimum atomic E-state index is -0.376. The van der Waals surface area contributed by atoms with Gasteiger partial charge in [-0.25, -0.2) is 4.79 Å². The van der Waals surface area contributed by atoms with Crippen LogP contribution in [0.15, 0.2) is 15.3 Å². The van der Waals surface area contributed by atoms with Crippen LogP contribution >= 0.6 is 0 Å². The molecular weight excluding hydrogens is 316 g/mol. The molecule has 0 bridgehead atoms. The van der Waals surface area contributed by atoms with Crippen molar-refractivity contribution in [3.63, 3.8) is 0 Å². The highest BCUT2D eigenvalue weighted by Gasteiger charge is 2.11. The zero-order valence-electron chi connectivity index (χ0n) is 15.7. The standard InChI is InChI=1S/C21H34O4/c1-2-3-4-11-14-18-17-20(23)19(21(24)25-18)15-12-9-7-5-6-8-10-13-16-22/h16-17,23H,2-15H2,1H3. The Labute approximate surface area is 151 Å². The minimum Gasteiger partial charge on any atom is -0.507 e. The van der Waals surface area contributed by atoms with Gasteiger partial charge in [0.1, 0.15) is 17.8 Å². The molecule has 0 radical (unpaired) electrons. The van der Waals surface area contributed by atoms with E-state index in [1.807, 2.05) is 0 Å². The van der Waals surface area contributed by atoms with E-state index < -0.39 is 0 Å². The molecule has 1 rings (SSSR count). The molecule has 4 nitrogen and oxygen atoms in total. The van der Waals surface area contributed by atoms with Crippen molar-refractivity contribution in [3.05, 3.63) is 27.8 Å². The predicted molar refractivity (Wildman–Crippen MR) is 101 cm³/mol. The second-order valence-corrected chi connectivity index (χ2v) is 6.85. The summed E-state index contributed by atoms with van der Waals surface area (Å²) in [4.78, 5) is 22.3. The van der Waals surface area contributed by atoms with Crippen molar-refractivity contribution in [3.8, 4) is 5.75 Å². The van der Waals surface area contributed by atoms with E-state index >= 15 is 0 Å². The Morgan fingerprint density at radius 2 is 1.52 bits per heavy atom. The highest BCUT2D eigenvalue weighted by atomic mass is 16.4. The molecule has 1 N–H and O–H groups in total. The Kier molecular flexibility index (Phi) is 11.7. The molecule has 0 amide bonds. The van der Waals surface area contributed by atoms with Crippen LogP contribution in [0.2, 0.25) is 0 Å². The Morgan fingerprint density at radius 3 is 2.16 bits per heavy atom. The Hall–Kier alpha value is -1.58. The van der Waals surface area contributed by atoms with Crippen molar-refractivity contribution in [1.29, 1.82) is 0 Å². The van der Waals surface area contributed by atoms with Gasteiger partial charge in [0.05, 0.1) is 5.56 Å². The van der Waals surface area contributed by atoms with Crippen LogP contribution in [-0.4, -0.2) is 11.4 Å². The molecule has 0 spiro atoms. The summed E-state index contributed by atoms with van der Waals surface area (Å²) in [6.07, 6.45) is 14.9. The van der Waals surface area contributed by atoms with Crippen molar-refractivity contribution < 1.29 is 14.3 Å². The molecule has 1 aromatic heterocycles. The van der Waals surface area contributed by atoms with Crippen molar-refractivity contribution in [2.75, 3.05) is 0 Å². The van der Waals surface area contributed by atoms with Gasteiger partial charge in [-0.15, -0.1) is 0 Å². The number of carbonyl (C=O) groups excluding carboxylic acids is 1. The first-order valence-corrected chi connectivity index (χ1v) is 9.97. The largest absolute Gasteiger partial charge is 0.507 e. The quantitative estimate of drug-likeness (QED) is 0.343. The molecule has 0 atom stereocenters. The molecule has 1 aromatic rings. The predicted octanol–water partition coefficient (Wildman–Crippen LogP) is 5.33. The lowest BCUT2D eigenvalue weighted by Gasteiger charge is -2.06. The SMILES string of the molecule is CCCCCCc1cc(O)c(CCCCCCCCCC=O)c(=O)o1. The van der Waals surface area contributed by atoms with E-state index in [0.29, 0.717) is 30.6 Å². The van der Waals surface area contributed by atoms with Crippen molar-refractivity contribution in [1.82, 2.24) is 0 Å². The van der Waals surface area contributed by atoms with Crippen molar-refractivity contribution in [2.45, 2.75) is 96.8 Å². The number of aromatic hydroxyl groups is 1. The van der Waals surface area contributed by atoms with Crippen LogP contribution in [0.5, 0.6) is 5.75 Å². The van der Waals surface area contributed by atoms with Gasteiger partial charge in [-0.3, -0.25) is 0 Å². The molecule has 1 heterocycles. The Bertz CT molecular complexity index is 533. The molecule has 0 unspecified atom stereocenters. The molecular formula is C21H34O4. The molecule has 0 saturated carbocycles. The van der Waals surface area contributed by atoms with E-state index in [9.17, 15) is 14.7 Å². The number of hydrogen-bond acceptors (Lipinski definition) is 4. The third-order valence-electron chi connectivity index (χ3n) is 4.60. The number of unbranched alkanes of at least 4 members (excludes halogenated alkanes) is 10. The average molecular weight is 350 g/mol. The van der Waals surface area contributed by atoms with Crippen LogP contribution in [0.25, 0.3) is 0 Å². The third kappa shape index (κ3) is 9.47. The van der Waals surface area contributed by atoms with Gasteiger partial charge in [0, 0.05) is 18.9 Å². The van der Waals surface area contributed by atoms with Gasteiger partial charge in [0.25, 0.3) is 0 Å². The fourth-order valence-corrected chi connectivity index (χ4v) is 3.05. The maximum Gasteiger partial charge on any atom is 0.342 e. The highest BCUT2D eigenvalue weighted by molar-refractivity contribution is 5.48. The van der Waals surface area contributed by atoms with Gasteiger partial charge in [-0.05, 0) is 25.7 Å². The summed E-state index contributed by atoms with van der Waals surface area (Å²) in [5, 5.41) is 10.1. The number of aldehydes is 1. The van der Waals surface area contributed by atoms with Crippen LogP contribution in [0.3, 0.4) is 0 Å². The topological polar surface area (TPSA) is 67.5 Å². The first kappa shape index (κ1) is 21.5. The highest BCUT2D eigenvalue weighted by Crippen LogP contribution is 2.19. The Morgan fingerprint density at radius 1 is 0.920 bits per heavy atom. The third-order valence-corrected chi connectivity index (χ3v) is 4.60. The maximum absolute atomic E-state index is 12.1. The van der Waals surface area contributed by atoms with Crippen LogP contribution in [-0.2, 0) is 17.6 Å². The van der Waals surface area contributed by atoms with Gasteiger partial charge in [0.2, 0.25) is 0 Å². The van der Waals surface area contributed by atoms with Crippen molar-refractivity contribution in [2.24, 2.45) is 0 Å². The van der Waals surface area contributed by atoms with Gasteiger partial charge in [-0.1, -0.05) is 58.3 Å². The molecule has 0 aliphatic carbocycles. The summed E-state index contributed by atoms with van der Waals surface area (Å²) in [7, 11) is 0. The lowest BCUT2D eigenvalue weighted by atomic mass is 10.0. The number of aryl methyl sites for hydroxylation is 1. The summed E-state index contributed by atoms with van der Waals surface area (Å²) < 4.78 is 5.36. The summed E-state index contributed by atoms with van der Waals surface area (Å²) in [6, 6.07) is 1.62. The molecule has 25 heavy (non-hydrogen) atoms. The van der Waals surface area contributed by atoms with E-state index in [-0.39, 0.29) is 11.4 Å². The second-order valence-electron chi connectivity index (χ2n) is 6.85. The van der Waals surface area contributed by atoms with Gasteiger partial charge in [-0.2, -0.15) is 0 Å². The number of rotatable bonds is 15. The lowest BCUT2D eigenvalue weighted by Crippen LogP contribution is -2.09. The fraction of sp³-hybridized carbons (Fsp3) is 0.714. The average Bonchev–Trinajstić information content (AvgIpc) is 2.59. The molecule has 0 aliphatic heterocycles. The number of carbonyl (C=O) groups is 1. The first-order valence-electron chi connectivity index (χ1n) is 9.97. The molecule has 0 aromatic carbocycles. The molecule has 0 saturated heterocycles. The first-order chi connectivity index (χ1) is 12.2. The summed E-state index contributed by atoms with van der Waals surface area (Å²) in [6.45, 7) is 2.16. The van der Waals surface area contributed by atoms with Gasteiger partial charge >= 0.3 is 5.63 Å². The normalized spacial score (nSPS) is 10.9. The number of hydrogen-bond donors (Lipinski definition) is 1. The maximum atomic E-state index is 12.1. The zero-order chi connectivity index (χ0) is 18.3. The van der Waals surface area contributed by atoms with Crippen LogP contribution in [0.4, 0.5) is 0 Å². The van der Waals surface area contributed by atoms with E-state index in [1.54, 1.807) is 6.07 Å². The summed E-state index contributed by atoms with van der Waals surface area (Å²) >= 11 is 0.